The molecule has 106 valence electrons. The van der Waals surface area contributed by atoms with E-state index in [2.05, 4.69) is 37.5 Å². The van der Waals surface area contributed by atoms with Gasteiger partial charge in [-0.25, -0.2) is 0 Å². The third-order valence-corrected chi connectivity index (χ3v) is 3.07. The van der Waals surface area contributed by atoms with Gasteiger partial charge in [0.25, 0.3) is 0 Å². The Morgan fingerprint density at radius 1 is 1.32 bits per heavy atom. The summed E-state index contributed by atoms with van der Waals surface area (Å²) in [6.45, 7) is 4.61. The molecule has 2 heterocycles. The van der Waals surface area contributed by atoms with Crippen LogP contribution in [0.3, 0.4) is 0 Å². The lowest BCUT2D eigenvalue weighted by Gasteiger charge is -2.30. The maximum absolute atomic E-state index is 5.35. The number of aromatic nitrogens is 3. The van der Waals surface area contributed by atoms with Crippen molar-refractivity contribution in [2.45, 2.75) is 25.8 Å². The van der Waals surface area contributed by atoms with Crippen LogP contribution in [0.2, 0.25) is 0 Å². The molecule has 7 nitrogen and oxygen atoms in total. The van der Waals surface area contributed by atoms with Crippen LogP contribution in [0.4, 0.5) is 11.9 Å². The van der Waals surface area contributed by atoms with Crippen LogP contribution in [0.15, 0.2) is 0 Å². The molecular formula is C12H22N6O. The summed E-state index contributed by atoms with van der Waals surface area (Å²) in [6.07, 6.45) is 2.32. The number of ether oxygens (including phenoxy) is 1. The van der Waals surface area contributed by atoms with Crippen LogP contribution in [-0.2, 0) is 0 Å². The Morgan fingerprint density at radius 2 is 2.11 bits per heavy atom. The van der Waals surface area contributed by atoms with Gasteiger partial charge in [0.1, 0.15) is 0 Å². The van der Waals surface area contributed by atoms with E-state index in [1.807, 2.05) is 6.92 Å². The van der Waals surface area contributed by atoms with Gasteiger partial charge in [-0.2, -0.15) is 15.0 Å². The Bertz CT molecular complexity index is 413. The van der Waals surface area contributed by atoms with Crippen LogP contribution in [0, 0.1) is 0 Å². The Balaban J connectivity index is 2.07. The number of anilines is 2. The number of rotatable bonds is 5. The van der Waals surface area contributed by atoms with Gasteiger partial charge in [-0.05, 0) is 33.4 Å². The molecule has 1 fully saturated rings. The van der Waals surface area contributed by atoms with Crippen LogP contribution in [0.1, 0.15) is 19.8 Å². The van der Waals surface area contributed by atoms with Crippen LogP contribution in [-0.4, -0.2) is 59.7 Å². The highest BCUT2D eigenvalue weighted by Gasteiger charge is 2.18. The van der Waals surface area contributed by atoms with Gasteiger partial charge in [-0.3, -0.25) is 0 Å². The number of likely N-dealkylation sites (tertiary alicyclic amines) is 1. The summed E-state index contributed by atoms with van der Waals surface area (Å²) in [7, 11) is 3.91. The fourth-order valence-electron chi connectivity index (χ4n) is 2.19. The Labute approximate surface area is 113 Å². The normalized spacial score (nSPS) is 20.1. The maximum atomic E-state index is 5.35. The average molecular weight is 266 g/mol. The van der Waals surface area contributed by atoms with Crippen molar-refractivity contribution in [3.63, 3.8) is 0 Å². The number of likely N-dealkylation sites (N-methyl/N-ethyl adjacent to an activating group) is 1. The zero-order valence-corrected chi connectivity index (χ0v) is 11.8. The van der Waals surface area contributed by atoms with Crippen molar-refractivity contribution in [2.24, 2.45) is 0 Å². The molecule has 0 amide bonds. The van der Waals surface area contributed by atoms with Crippen LogP contribution >= 0.6 is 0 Å². The summed E-state index contributed by atoms with van der Waals surface area (Å²) in [6, 6.07) is 0.730. The Kier molecular flexibility index (Phi) is 4.73. The lowest BCUT2D eigenvalue weighted by atomic mass is 10.1. The predicted molar refractivity (Wildman–Crippen MR) is 74.7 cm³/mol. The number of hydrogen-bond donors (Lipinski definition) is 2. The van der Waals surface area contributed by atoms with E-state index >= 15 is 0 Å². The van der Waals surface area contributed by atoms with Gasteiger partial charge < -0.3 is 20.3 Å². The molecule has 1 saturated heterocycles. The third-order valence-electron chi connectivity index (χ3n) is 3.07. The van der Waals surface area contributed by atoms with E-state index in [0.29, 0.717) is 30.6 Å². The number of nitrogens with zero attached hydrogens (tertiary/aromatic N) is 4. The number of hydrogen-bond acceptors (Lipinski definition) is 7. The van der Waals surface area contributed by atoms with Crippen LogP contribution in [0.5, 0.6) is 6.01 Å². The minimum atomic E-state index is 0.355. The topological polar surface area (TPSA) is 75.2 Å². The number of piperidine rings is 1. The molecule has 2 rings (SSSR count). The molecule has 1 unspecified atom stereocenters. The molecule has 1 aliphatic rings. The highest BCUT2D eigenvalue weighted by atomic mass is 16.5. The summed E-state index contributed by atoms with van der Waals surface area (Å²) in [5.41, 5.74) is 0. The zero-order chi connectivity index (χ0) is 13.7. The van der Waals surface area contributed by atoms with E-state index in [0.717, 1.165) is 19.5 Å². The second-order valence-electron chi connectivity index (χ2n) is 4.69. The molecule has 1 aliphatic heterocycles. The summed E-state index contributed by atoms with van der Waals surface area (Å²) in [4.78, 5) is 15.0. The minimum Gasteiger partial charge on any atom is -0.464 e. The van der Waals surface area contributed by atoms with E-state index < -0.39 is 0 Å². The average Bonchev–Trinajstić information content (AvgIpc) is 2.39. The molecule has 0 bridgehead atoms. The van der Waals surface area contributed by atoms with Crippen molar-refractivity contribution in [3.8, 4) is 6.01 Å². The molecule has 0 radical (unpaired) electrons. The molecule has 1 aromatic rings. The van der Waals surface area contributed by atoms with Gasteiger partial charge in [0, 0.05) is 19.6 Å². The largest absolute Gasteiger partial charge is 0.464 e. The third kappa shape index (κ3) is 3.92. The maximum Gasteiger partial charge on any atom is 0.323 e. The molecule has 2 N–H and O–H groups in total. The van der Waals surface area contributed by atoms with Crippen molar-refractivity contribution in [1.29, 1.82) is 0 Å². The van der Waals surface area contributed by atoms with E-state index in [1.165, 1.54) is 6.42 Å². The van der Waals surface area contributed by atoms with Crippen LogP contribution in [0.25, 0.3) is 0 Å². The van der Waals surface area contributed by atoms with Gasteiger partial charge in [-0.1, -0.05) is 0 Å². The van der Waals surface area contributed by atoms with E-state index in [1.54, 1.807) is 7.05 Å². The van der Waals surface area contributed by atoms with Gasteiger partial charge in [-0.15, -0.1) is 0 Å². The molecule has 0 aliphatic carbocycles. The van der Waals surface area contributed by atoms with E-state index in [-0.39, 0.29) is 0 Å². The first-order valence-corrected chi connectivity index (χ1v) is 6.73. The van der Waals surface area contributed by atoms with Crippen molar-refractivity contribution < 1.29 is 4.74 Å². The minimum absolute atomic E-state index is 0.355. The highest BCUT2D eigenvalue weighted by Crippen LogP contribution is 2.15. The summed E-state index contributed by atoms with van der Waals surface area (Å²) >= 11 is 0. The molecule has 7 heteroatoms. The molecular weight excluding hydrogens is 244 g/mol. The lowest BCUT2D eigenvalue weighted by molar-refractivity contribution is 0.260. The Morgan fingerprint density at radius 3 is 2.79 bits per heavy atom. The molecule has 0 aromatic carbocycles. The first-order chi connectivity index (χ1) is 9.21. The van der Waals surface area contributed by atoms with E-state index in [9.17, 15) is 0 Å². The standard InChI is InChI=1S/C12H22N6O/c1-4-19-12-16-10(13-2)15-11(17-12)14-9-6-5-7-18(3)8-9/h9H,4-8H2,1-3H3,(H2,13,14,15,16,17). The number of nitrogens with one attached hydrogen (secondary N) is 2. The predicted octanol–water partition coefficient (Wildman–Crippen LogP) is 0.818. The first kappa shape index (κ1) is 13.8. The van der Waals surface area contributed by atoms with Crippen molar-refractivity contribution in [3.05, 3.63) is 0 Å². The fraction of sp³-hybridized carbons (Fsp3) is 0.750. The summed E-state index contributed by atoms with van der Waals surface area (Å²) in [5.74, 6) is 1.09. The summed E-state index contributed by atoms with van der Waals surface area (Å²) in [5, 5.41) is 6.28. The molecule has 0 saturated carbocycles. The second kappa shape index (κ2) is 6.51. The zero-order valence-electron chi connectivity index (χ0n) is 11.8. The van der Waals surface area contributed by atoms with Gasteiger partial charge in [0.15, 0.2) is 0 Å². The monoisotopic (exact) mass is 266 g/mol. The second-order valence-corrected chi connectivity index (χ2v) is 4.69. The molecule has 19 heavy (non-hydrogen) atoms. The highest BCUT2D eigenvalue weighted by molar-refractivity contribution is 5.36. The summed E-state index contributed by atoms with van der Waals surface area (Å²) < 4.78 is 5.35. The van der Waals surface area contributed by atoms with Gasteiger partial charge >= 0.3 is 6.01 Å². The quantitative estimate of drug-likeness (QED) is 0.817. The fourth-order valence-corrected chi connectivity index (χ4v) is 2.19. The van der Waals surface area contributed by atoms with Crippen molar-refractivity contribution in [2.75, 3.05) is 44.4 Å². The van der Waals surface area contributed by atoms with Crippen molar-refractivity contribution >= 4 is 11.9 Å². The van der Waals surface area contributed by atoms with Crippen LogP contribution < -0.4 is 15.4 Å². The van der Waals surface area contributed by atoms with Gasteiger partial charge in [0.05, 0.1) is 6.61 Å². The first-order valence-electron chi connectivity index (χ1n) is 6.73. The Hall–Kier alpha value is -1.63. The SMILES string of the molecule is CCOc1nc(NC)nc(NC2CCCN(C)C2)n1. The smallest absolute Gasteiger partial charge is 0.323 e. The molecule has 1 atom stereocenters. The lowest BCUT2D eigenvalue weighted by Crippen LogP contribution is -2.40. The van der Waals surface area contributed by atoms with Crippen molar-refractivity contribution in [1.82, 2.24) is 19.9 Å². The molecule has 1 aromatic heterocycles. The van der Waals surface area contributed by atoms with E-state index in [4.69, 9.17) is 4.74 Å². The van der Waals surface area contributed by atoms with Gasteiger partial charge in [0.2, 0.25) is 11.9 Å². The molecule has 0 spiro atoms.